The van der Waals surface area contributed by atoms with Crippen LogP contribution >= 0.6 is 11.6 Å². The number of hydrogen-bond acceptors (Lipinski definition) is 3. The van der Waals surface area contributed by atoms with Crippen LogP contribution in [0, 0.1) is 17.0 Å². The van der Waals surface area contributed by atoms with Crippen molar-refractivity contribution >= 4 is 28.6 Å². The van der Waals surface area contributed by atoms with E-state index in [1.54, 1.807) is 12.1 Å². The van der Waals surface area contributed by atoms with Crippen LogP contribution < -0.4 is 0 Å². The van der Waals surface area contributed by atoms with Crippen LogP contribution in [-0.2, 0) is 0 Å². The van der Waals surface area contributed by atoms with Gasteiger partial charge < -0.3 is 0 Å². The summed E-state index contributed by atoms with van der Waals surface area (Å²) in [5.74, 6) is 0. The Balaban J connectivity index is 2.68. The molecule has 0 saturated heterocycles. The summed E-state index contributed by atoms with van der Waals surface area (Å²) in [4.78, 5) is 10.2. The molecule has 2 aromatic rings. The van der Waals surface area contributed by atoms with Gasteiger partial charge in [0.25, 0.3) is 0 Å². The second kappa shape index (κ2) is 4.18. The van der Waals surface area contributed by atoms with E-state index in [4.69, 9.17) is 11.6 Å². The Bertz CT molecular complexity index is 631. The van der Waals surface area contributed by atoms with E-state index in [0.717, 1.165) is 16.5 Å². The van der Waals surface area contributed by atoms with Gasteiger partial charge in [0, 0.05) is 23.4 Å². The first-order chi connectivity index (χ1) is 8.00. The molecule has 0 bridgehead atoms. The number of aryl methyl sites for hydroxylation is 1. The van der Waals surface area contributed by atoms with Crippen molar-refractivity contribution in [1.29, 1.82) is 0 Å². The number of fused-ring (bicyclic) bond motifs is 1. The lowest BCUT2D eigenvalue weighted by Gasteiger charge is -1.99. The van der Waals surface area contributed by atoms with Gasteiger partial charge in [-0.25, -0.2) is 0 Å². The van der Waals surface area contributed by atoms with E-state index in [1.165, 1.54) is 13.0 Å². The fourth-order valence-corrected chi connectivity index (χ4v) is 1.80. The number of nitrogens with one attached hydrogen (secondary N) is 1. The van der Waals surface area contributed by atoms with E-state index >= 15 is 0 Å². The molecule has 0 aliphatic carbocycles. The summed E-state index contributed by atoms with van der Waals surface area (Å²) in [5.41, 5.74) is 2.26. The molecule has 6 heteroatoms. The van der Waals surface area contributed by atoms with Gasteiger partial charge in [0.1, 0.15) is 0 Å². The predicted molar refractivity (Wildman–Crippen MR) is 66.5 cm³/mol. The summed E-state index contributed by atoms with van der Waals surface area (Å²) < 4.78 is 0. The maximum atomic E-state index is 10.6. The third kappa shape index (κ3) is 2.01. The standard InChI is InChI=1S/C11H10ClN3O2/c1-6(15(16)17)5-10-11-7(2)8(12)3-4-9(11)13-14-10/h3-5H,1-2H3,(H,13,14). The van der Waals surface area contributed by atoms with Crippen LogP contribution in [0.5, 0.6) is 0 Å². The smallest absolute Gasteiger partial charge is 0.245 e. The van der Waals surface area contributed by atoms with Crippen molar-refractivity contribution in [2.45, 2.75) is 13.8 Å². The largest absolute Gasteiger partial charge is 0.277 e. The number of rotatable bonds is 2. The SMILES string of the molecule is CC(=Cc1[nH]nc2ccc(Cl)c(C)c12)[N+](=O)[O-]. The van der Waals surface area contributed by atoms with Gasteiger partial charge in [-0.1, -0.05) is 11.6 Å². The molecule has 0 fully saturated rings. The fourth-order valence-electron chi connectivity index (χ4n) is 1.65. The van der Waals surface area contributed by atoms with Gasteiger partial charge in [0.05, 0.1) is 16.1 Å². The van der Waals surface area contributed by atoms with Crippen molar-refractivity contribution in [2.24, 2.45) is 0 Å². The first-order valence-electron chi connectivity index (χ1n) is 4.96. The molecule has 0 saturated carbocycles. The van der Waals surface area contributed by atoms with Crippen molar-refractivity contribution in [3.63, 3.8) is 0 Å². The molecule has 1 aromatic carbocycles. The maximum Gasteiger partial charge on any atom is 0.245 e. The second-order valence-electron chi connectivity index (χ2n) is 3.75. The Labute approximate surface area is 102 Å². The lowest BCUT2D eigenvalue weighted by molar-refractivity contribution is -0.422. The third-order valence-corrected chi connectivity index (χ3v) is 2.99. The molecular weight excluding hydrogens is 242 g/mol. The van der Waals surface area contributed by atoms with Crippen LogP contribution in [0.25, 0.3) is 17.0 Å². The Morgan fingerprint density at radius 2 is 2.29 bits per heavy atom. The summed E-state index contributed by atoms with van der Waals surface area (Å²) in [7, 11) is 0. The minimum absolute atomic E-state index is 0.0509. The Morgan fingerprint density at radius 1 is 1.59 bits per heavy atom. The summed E-state index contributed by atoms with van der Waals surface area (Å²) in [6.07, 6.45) is 1.46. The molecule has 0 aliphatic rings. The zero-order valence-corrected chi connectivity index (χ0v) is 10.1. The Kier molecular flexibility index (Phi) is 2.85. The van der Waals surface area contributed by atoms with Crippen molar-refractivity contribution in [3.05, 3.63) is 44.2 Å². The molecule has 17 heavy (non-hydrogen) atoms. The summed E-state index contributed by atoms with van der Waals surface area (Å²) in [5, 5.41) is 18.9. The highest BCUT2D eigenvalue weighted by atomic mass is 35.5. The third-order valence-electron chi connectivity index (χ3n) is 2.58. The second-order valence-corrected chi connectivity index (χ2v) is 4.15. The van der Waals surface area contributed by atoms with E-state index in [2.05, 4.69) is 10.2 Å². The quantitative estimate of drug-likeness (QED) is 0.658. The highest BCUT2D eigenvalue weighted by molar-refractivity contribution is 6.32. The average Bonchev–Trinajstić information content (AvgIpc) is 2.67. The van der Waals surface area contributed by atoms with Crippen LogP contribution in [-0.4, -0.2) is 15.1 Å². The van der Waals surface area contributed by atoms with E-state index in [-0.39, 0.29) is 5.70 Å². The Morgan fingerprint density at radius 3 is 2.94 bits per heavy atom. The summed E-state index contributed by atoms with van der Waals surface area (Å²) in [6.45, 7) is 3.30. The van der Waals surface area contributed by atoms with Gasteiger partial charge >= 0.3 is 0 Å². The molecule has 0 aliphatic heterocycles. The maximum absolute atomic E-state index is 10.6. The molecule has 0 amide bonds. The van der Waals surface area contributed by atoms with Crippen molar-refractivity contribution in [3.8, 4) is 0 Å². The molecule has 0 atom stereocenters. The number of H-pyrrole nitrogens is 1. The van der Waals surface area contributed by atoms with E-state index < -0.39 is 4.92 Å². The highest BCUT2D eigenvalue weighted by Crippen LogP contribution is 2.27. The van der Waals surface area contributed by atoms with Crippen molar-refractivity contribution in [2.75, 3.05) is 0 Å². The zero-order chi connectivity index (χ0) is 12.6. The number of halogens is 1. The van der Waals surface area contributed by atoms with Gasteiger partial charge in [-0.3, -0.25) is 15.2 Å². The van der Waals surface area contributed by atoms with E-state index in [0.29, 0.717) is 10.7 Å². The molecular formula is C11H10ClN3O2. The van der Waals surface area contributed by atoms with Crippen LogP contribution in [0.15, 0.2) is 17.8 Å². The molecule has 0 unspecified atom stereocenters. The van der Waals surface area contributed by atoms with Crippen LogP contribution in [0.1, 0.15) is 18.2 Å². The molecule has 0 radical (unpaired) electrons. The minimum Gasteiger partial charge on any atom is -0.277 e. The monoisotopic (exact) mass is 251 g/mol. The number of nitrogens with zero attached hydrogens (tertiary/aromatic N) is 2. The molecule has 1 aromatic heterocycles. The number of benzene rings is 1. The molecule has 5 nitrogen and oxygen atoms in total. The van der Waals surface area contributed by atoms with Crippen molar-refractivity contribution in [1.82, 2.24) is 10.2 Å². The van der Waals surface area contributed by atoms with Gasteiger partial charge in [-0.15, -0.1) is 0 Å². The first-order valence-corrected chi connectivity index (χ1v) is 5.34. The van der Waals surface area contributed by atoms with Crippen molar-refractivity contribution < 1.29 is 4.92 Å². The number of aromatic amines is 1. The van der Waals surface area contributed by atoms with Crippen LogP contribution in [0.4, 0.5) is 0 Å². The molecule has 0 spiro atoms. The topological polar surface area (TPSA) is 71.8 Å². The summed E-state index contributed by atoms with van der Waals surface area (Å²) >= 11 is 6.02. The molecule has 2 rings (SSSR count). The zero-order valence-electron chi connectivity index (χ0n) is 9.32. The highest BCUT2D eigenvalue weighted by Gasteiger charge is 2.11. The first kappa shape index (κ1) is 11.6. The lowest BCUT2D eigenvalue weighted by Crippen LogP contribution is -1.93. The Hall–Kier alpha value is -1.88. The molecule has 1 heterocycles. The van der Waals surface area contributed by atoms with Gasteiger partial charge in [0.15, 0.2) is 0 Å². The van der Waals surface area contributed by atoms with Crippen LogP contribution in [0.2, 0.25) is 5.02 Å². The fraction of sp³-hybridized carbons (Fsp3) is 0.182. The number of nitro groups is 1. The average molecular weight is 252 g/mol. The van der Waals surface area contributed by atoms with Gasteiger partial charge in [0.2, 0.25) is 5.70 Å². The molecule has 88 valence electrons. The summed E-state index contributed by atoms with van der Waals surface area (Å²) in [6, 6.07) is 3.54. The lowest BCUT2D eigenvalue weighted by atomic mass is 10.1. The molecule has 1 N–H and O–H groups in total. The number of aromatic nitrogens is 2. The van der Waals surface area contributed by atoms with Gasteiger partial charge in [-0.2, -0.15) is 5.10 Å². The van der Waals surface area contributed by atoms with Crippen LogP contribution in [0.3, 0.4) is 0 Å². The number of allylic oxidation sites excluding steroid dienone is 1. The van der Waals surface area contributed by atoms with E-state index in [1.807, 2.05) is 6.92 Å². The normalized spacial score (nSPS) is 12.1. The number of hydrogen-bond donors (Lipinski definition) is 1. The van der Waals surface area contributed by atoms with E-state index in [9.17, 15) is 10.1 Å². The van der Waals surface area contributed by atoms with Gasteiger partial charge in [-0.05, 0) is 24.6 Å². The minimum atomic E-state index is -0.438. The predicted octanol–water partition coefficient (Wildman–Crippen LogP) is 3.16.